The second kappa shape index (κ2) is 10.5. The van der Waals surface area contributed by atoms with Gasteiger partial charge in [0.05, 0.1) is 11.0 Å². The van der Waals surface area contributed by atoms with Gasteiger partial charge < -0.3 is 9.30 Å². The number of hydrogen-bond donors (Lipinski definition) is 0. The lowest BCUT2D eigenvalue weighted by molar-refractivity contribution is -0.120. The van der Waals surface area contributed by atoms with Gasteiger partial charge in [0.15, 0.2) is 17.6 Å². The summed E-state index contributed by atoms with van der Waals surface area (Å²) in [6.45, 7) is 2.70. The molecule has 2 heterocycles. The zero-order valence-corrected chi connectivity index (χ0v) is 18.8. The molecule has 0 N–H and O–H groups in total. The van der Waals surface area contributed by atoms with Crippen LogP contribution in [0.4, 0.5) is 13.9 Å². The van der Waals surface area contributed by atoms with E-state index in [1.165, 1.54) is 11.0 Å². The molecule has 0 unspecified atom stereocenters. The van der Waals surface area contributed by atoms with Crippen molar-refractivity contribution >= 4 is 45.0 Å². The number of para-hydroxylation sites is 1. The van der Waals surface area contributed by atoms with Crippen molar-refractivity contribution in [1.29, 1.82) is 0 Å². The molecule has 0 saturated carbocycles. The van der Waals surface area contributed by atoms with Crippen LogP contribution in [0.3, 0.4) is 0 Å². The third-order valence-corrected chi connectivity index (χ3v) is 5.76. The largest absolute Gasteiger partial charge is 0.483 e. The molecular formula is C22H21ClF2N4O2S. The summed E-state index contributed by atoms with van der Waals surface area (Å²) < 4.78 is 35.7. The summed E-state index contributed by atoms with van der Waals surface area (Å²) >= 11 is 1.07. The molecule has 6 nitrogen and oxygen atoms in total. The van der Waals surface area contributed by atoms with Crippen molar-refractivity contribution in [3.63, 3.8) is 0 Å². The van der Waals surface area contributed by atoms with Gasteiger partial charge in [-0.25, -0.2) is 18.7 Å². The highest BCUT2D eigenvalue weighted by Gasteiger charge is 2.22. The van der Waals surface area contributed by atoms with E-state index < -0.39 is 11.6 Å². The standard InChI is InChI=1S/C22H20F2N4O2S.ClH/c1-15-5-2-3-6-18(15)30-13-20(29)28(9-4-8-27-10-7-25-14-27)22-26-21-17(24)11-16(23)12-19(21)31-22;/h2-3,5-7,10-12,14H,4,8-9,13H2,1H3;1H. The molecule has 0 aliphatic carbocycles. The molecule has 32 heavy (non-hydrogen) atoms. The summed E-state index contributed by atoms with van der Waals surface area (Å²) in [5.74, 6) is -1.12. The number of rotatable bonds is 8. The molecule has 4 rings (SSSR count). The van der Waals surface area contributed by atoms with Crippen molar-refractivity contribution < 1.29 is 18.3 Å². The first-order valence-corrected chi connectivity index (χ1v) is 10.5. The van der Waals surface area contributed by atoms with Gasteiger partial charge in [-0.05, 0) is 31.0 Å². The summed E-state index contributed by atoms with van der Waals surface area (Å²) in [6.07, 6.45) is 5.84. The lowest BCUT2D eigenvalue weighted by Crippen LogP contribution is -2.36. The average molecular weight is 479 g/mol. The minimum Gasteiger partial charge on any atom is -0.483 e. The molecule has 2 aromatic carbocycles. The number of carbonyl (C=O) groups excluding carboxylic acids is 1. The maximum Gasteiger partial charge on any atom is 0.266 e. The Hall–Kier alpha value is -3.04. The van der Waals surface area contributed by atoms with E-state index in [9.17, 15) is 13.6 Å². The van der Waals surface area contributed by atoms with E-state index in [0.29, 0.717) is 35.1 Å². The number of hydrogen-bond acceptors (Lipinski definition) is 5. The number of halogens is 3. The molecule has 0 aliphatic heterocycles. The molecule has 0 atom stereocenters. The second-order valence-corrected chi connectivity index (χ2v) is 7.99. The Labute approximate surface area is 193 Å². The van der Waals surface area contributed by atoms with Crippen LogP contribution in [0.25, 0.3) is 10.2 Å². The van der Waals surface area contributed by atoms with Crippen molar-refractivity contribution in [1.82, 2.24) is 14.5 Å². The molecule has 168 valence electrons. The molecule has 0 saturated heterocycles. The lowest BCUT2D eigenvalue weighted by atomic mass is 10.2. The van der Waals surface area contributed by atoms with Gasteiger partial charge in [0.1, 0.15) is 17.1 Å². The number of aryl methyl sites for hydroxylation is 2. The fraction of sp³-hybridized carbons (Fsp3) is 0.227. The molecule has 0 aliphatic rings. The number of thiazole rings is 1. The van der Waals surface area contributed by atoms with Crippen molar-refractivity contribution in [3.8, 4) is 5.75 Å². The fourth-order valence-electron chi connectivity index (χ4n) is 3.15. The number of carbonyl (C=O) groups is 1. The van der Waals surface area contributed by atoms with Gasteiger partial charge >= 0.3 is 0 Å². The zero-order valence-electron chi connectivity index (χ0n) is 17.2. The van der Waals surface area contributed by atoms with Gasteiger partial charge in [-0.2, -0.15) is 0 Å². The first-order valence-electron chi connectivity index (χ1n) is 9.71. The van der Waals surface area contributed by atoms with E-state index >= 15 is 0 Å². The van der Waals surface area contributed by atoms with Crippen LogP contribution in [0.2, 0.25) is 0 Å². The second-order valence-electron chi connectivity index (χ2n) is 6.98. The van der Waals surface area contributed by atoms with Crippen LogP contribution in [0.1, 0.15) is 12.0 Å². The van der Waals surface area contributed by atoms with Crippen LogP contribution in [-0.4, -0.2) is 33.6 Å². The number of imidazole rings is 1. The summed E-state index contributed by atoms with van der Waals surface area (Å²) in [5, 5.41) is 0.309. The predicted molar refractivity (Wildman–Crippen MR) is 123 cm³/mol. The number of nitrogens with zero attached hydrogens (tertiary/aromatic N) is 4. The minimum atomic E-state index is -0.750. The average Bonchev–Trinajstić information content (AvgIpc) is 3.40. The Bertz CT molecular complexity index is 1200. The van der Waals surface area contributed by atoms with Gasteiger partial charge in [-0.3, -0.25) is 9.69 Å². The van der Waals surface area contributed by atoms with Crippen LogP contribution in [-0.2, 0) is 11.3 Å². The summed E-state index contributed by atoms with van der Waals surface area (Å²) in [7, 11) is 0. The van der Waals surface area contributed by atoms with Gasteiger partial charge in [0.25, 0.3) is 5.91 Å². The Morgan fingerprint density at radius 3 is 2.81 bits per heavy atom. The Morgan fingerprint density at radius 1 is 1.25 bits per heavy atom. The number of aromatic nitrogens is 3. The number of ether oxygens (including phenoxy) is 1. The summed E-state index contributed by atoms with van der Waals surface area (Å²) in [4.78, 5) is 22.8. The predicted octanol–water partition coefficient (Wildman–Crippen LogP) is 5.00. The summed E-state index contributed by atoms with van der Waals surface area (Å²) in [6, 6.07) is 9.42. The first kappa shape index (κ1) is 23.6. The highest BCUT2D eigenvalue weighted by molar-refractivity contribution is 7.22. The van der Waals surface area contributed by atoms with Gasteiger partial charge in [-0.15, -0.1) is 12.4 Å². The molecule has 0 bridgehead atoms. The molecule has 10 heteroatoms. The third kappa shape index (κ3) is 5.41. The minimum absolute atomic E-state index is 0. The van der Waals surface area contributed by atoms with E-state index in [0.717, 1.165) is 23.0 Å². The van der Waals surface area contributed by atoms with Gasteiger partial charge in [0, 0.05) is 31.5 Å². The van der Waals surface area contributed by atoms with Crippen LogP contribution in [0, 0.1) is 18.6 Å². The monoisotopic (exact) mass is 478 g/mol. The van der Waals surface area contributed by atoms with Crippen LogP contribution >= 0.6 is 23.7 Å². The normalized spacial score (nSPS) is 10.7. The molecule has 0 radical (unpaired) electrons. The first-order chi connectivity index (χ1) is 15.0. The van der Waals surface area contributed by atoms with Crippen molar-refractivity contribution in [2.75, 3.05) is 18.1 Å². The molecule has 0 spiro atoms. The smallest absolute Gasteiger partial charge is 0.266 e. The Kier molecular flexibility index (Phi) is 7.76. The number of fused-ring (bicyclic) bond motifs is 1. The maximum absolute atomic E-state index is 14.1. The van der Waals surface area contributed by atoms with Crippen LogP contribution in [0.5, 0.6) is 5.75 Å². The number of anilines is 1. The van der Waals surface area contributed by atoms with E-state index in [4.69, 9.17) is 4.74 Å². The molecule has 0 fully saturated rings. The SMILES string of the molecule is Cc1ccccc1OCC(=O)N(CCCn1ccnc1)c1nc2c(F)cc(F)cc2s1.Cl. The number of benzene rings is 2. The molecule has 1 amide bonds. The number of amides is 1. The van der Waals surface area contributed by atoms with E-state index in [2.05, 4.69) is 9.97 Å². The maximum atomic E-state index is 14.1. The third-order valence-electron chi connectivity index (χ3n) is 4.74. The van der Waals surface area contributed by atoms with Gasteiger partial charge in [-0.1, -0.05) is 29.5 Å². The molecule has 4 aromatic rings. The Morgan fingerprint density at radius 2 is 2.06 bits per heavy atom. The van der Waals surface area contributed by atoms with Crippen LogP contribution < -0.4 is 9.64 Å². The zero-order chi connectivity index (χ0) is 21.8. The van der Waals surface area contributed by atoms with Crippen molar-refractivity contribution in [2.24, 2.45) is 0 Å². The highest BCUT2D eigenvalue weighted by atomic mass is 35.5. The van der Waals surface area contributed by atoms with Crippen molar-refractivity contribution in [3.05, 3.63) is 72.3 Å². The quantitative estimate of drug-likeness (QED) is 0.357. The highest BCUT2D eigenvalue weighted by Crippen LogP contribution is 2.31. The van der Waals surface area contributed by atoms with Crippen LogP contribution in [0.15, 0.2) is 55.1 Å². The summed E-state index contributed by atoms with van der Waals surface area (Å²) in [5.41, 5.74) is 0.966. The van der Waals surface area contributed by atoms with Crippen molar-refractivity contribution in [2.45, 2.75) is 19.9 Å². The Balaban J connectivity index is 0.00000289. The van der Waals surface area contributed by atoms with E-state index in [-0.39, 0.29) is 30.4 Å². The molecule has 2 aromatic heterocycles. The van der Waals surface area contributed by atoms with E-state index in [1.807, 2.05) is 35.9 Å². The fourth-order valence-corrected chi connectivity index (χ4v) is 4.20. The lowest BCUT2D eigenvalue weighted by Gasteiger charge is -2.20. The van der Waals surface area contributed by atoms with Gasteiger partial charge in [0.2, 0.25) is 0 Å². The molecular weight excluding hydrogens is 458 g/mol. The van der Waals surface area contributed by atoms with E-state index in [1.54, 1.807) is 18.6 Å². The topological polar surface area (TPSA) is 60.2 Å².